The van der Waals surface area contributed by atoms with Gasteiger partial charge in [-0.25, -0.2) is 0 Å². The molecule has 0 saturated carbocycles. The van der Waals surface area contributed by atoms with E-state index < -0.39 is 0 Å². The highest BCUT2D eigenvalue weighted by molar-refractivity contribution is 14.1. The quantitative estimate of drug-likeness (QED) is 0.230. The minimum Gasteiger partial charge on any atom is -0.0901 e. The maximum atomic E-state index is 2.41. The molecule has 4 aromatic rings. The van der Waals surface area contributed by atoms with E-state index in [1.165, 1.54) is 32.9 Å². The molecule has 0 aromatic heterocycles. The van der Waals surface area contributed by atoms with E-state index in [0.717, 1.165) is 0 Å². The van der Waals surface area contributed by atoms with Crippen LogP contribution in [-0.4, -0.2) is 0 Å². The van der Waals surface area contributed by atoms with Gasteiger partial charge in [0.1, 0.15) is 0 Å². The third-order valence-corrected chi connectivity index (χ3v) is 8.62. The van der Waals surface area contributed by atoms with Gasteiger partial charge in [-0.3, -0.25) is 0 Å². The normalized spacial score (nSPS) is 10.8. The first-order chi connectivity index (χ1) is 13.8. The van der Waals surface area contributed by atoms with Crippen LogP contribution >= 0.6 is 57.9 Å². The summed E-state index contributed by atoms with van der Waals surface area (Å²) in [6, 6.07) is 36.5. The SMILES string of the molecule is Ic1ccccc1Sc1ccccc1Sc1ccc(Sc2ccccc2)cc1. The van der Waals surface area contributed by atoms with E-state index in [2.05, 4.69) is 126 Å². The highest BCUT2D eigenvalue weighted by atomic mass is 127. The molecule has 0 spiro atoms. The first-order valence-electron chi connectivity index (χ1n) is 8.80. The van der Waals surface area contributed by atoms with Gasteiger partial charge in [0.15, 0.2) is 0 Å². The molecule has 0 aliphatic heterocycles. The van der Waals surface area contributed by atoms with Crippen LogP contribution in [0.5, 0.6) is 0 Å². The minimum absolute atomic E-state index is 1.26. The van der Waals surface area contributed by atoms with Crippen molar-refractivity contribution >= 4 is 57.9 Å². The van der Waals surface area contributed by atoms with Crippen molar-refractivity contribution in [2.24, 2.45) is 0 Å². The maximum Gasteiger partial charge on any atom is 0.0269 e. The molecule has 138 valence electrons. The Morgan fingerprint density at radius 3 is 1.50 bits per heavy atom. The molecule has 4 heteroatoms. The van der Waals surface area contributed by atoms with Crippen molar-refractivity contribution in [3.8, 4) is 0 Å². The van der Waals surface area contributed by atoms with Crippen LogP contribution in [0.2, 0.25) is 0 Å². The molecule has 28 heavy (non-hydrogen) atoms. The first kappa shape index (κ1) is 20.0. The summed E-state index contributed by atoms with van der Waals surface area (Å²) in [5.74, 6) is 0. The average molecular weight is 529 g/mol. The molecule has 0 nitrogen and oxygen atoms in total. The van der Waals surface area contributed by atoms with Crippen LogP contribution < -0.4 is 0 Å². The smallest absolute Gasteiger partial charge is 0.0269 e. The lowest BCUT2D eigenvalue weighted by Gasteiger charge is -2.10. The molecule has 0 radical (unpaired) electrons. The number of benzene rings is 4. The molecule has 4 rings (SSSR count). The minimum atomic E-state index is 1.26. The predicted molar refractivity (Wildman–Crippen MR) is 131 cm³/mol. The molecule has 0 unspecified atom stereocenters. The average Bonchev–Trinajstić information content (AvgIpc) is 2.73. The van der Waals surface area contributed by atoms with Crippen molar-refractivity contribution in [3.63, 3.8) is 0 Å². The van der Waals surface area contributed by atoms with Crippen LogP contribution in [0.15, 0.2) is 133 Å². The first-order valence-corrected chi connectivity index (χ1v) is 12.3. The van der Waals surface area contributed by atoms with Crippen LogP contribution in [0, 0.1) is 3.57 Å². The summed E-state index contributed by atoms with van der Waals surface area (Å²) < 4.78 is 1.28. The summed E-state index contributed by atoms with van der Waals surface area (Å²) in [5, 5.41) is 0. The summed E-state index contributed by atoms with van der Waals surface area (Å²) in [5.41, 5.74) is 0. The number of hydrogen-bond donors (Lipinski definition) is 0. The Labute approximate surface area is 192 Å². The number of hydrogen-bond acceptors (Lipinski definition) is 3. The van der Waals surface area contributed by atoms with Gasteiger partial charge in [0, 0.05) is 32.9 Å². The summed E-state index contributed by atoms with van der Waals surface area (Å²) in [6.07, 6.45) is 0. The van der Waals surface area contributed by atoms with E-state index >= 15 is 0 Å². The van der Waals surface area contributed by atoms with Gasteiger partial charge >= 0.3 is 0 Å². The molecule has 4 aromatic carbocycles. The van der Waals surface area contributed by atoms with Crippen LogP contribution in [0.4, 0.5) is 0 Å². The van der Waals surface area contributed by atoms with Gasteiger partial charge in [-0.2, -0.15) is 0 Å². The molecule has 0 aliphatic rings. The lowest BCUT2D eigenvalue weighted by Crippen LogP contribution is -1.82. The third-order valence-electron chi connectivity index (χ3n) is 3.94. The van der Waals surface area contributed by atoms with Crippen LogP contribution in [-0.2, 0) is 0 Å². The fourth-order valence-electron chi connectivity index (χ4n) is 2.59. The highest BCUT2D eigenvalue weighted by Crippen LogP contribution is 2.40. The van der Waals surface area contributed by atoms with Crippen LogP contribution in [0.25, 0.3) is 0 Å². The van der Waals surface area contributed by atoms with Crippen LogP contribution in [0.3, 0.4) is 0 Å². The maximum absolute atomic E-state index is 2.41. The monoisotopic (exact) mass is 528 g/mol. The molecule has 0 bridgehead atoms. The van der Waals surface area contributed by atoms with Gasteiger partial charge in [-0.15, -0.1) is 0 Å². The fraction of sp³-hybridized carbons (Fsp3) is 0. The molecule has 0 N–H and O–H groups in total. The van der Waals surface area contributed by atoms with Crippen LogP contribution in [0.1, 0.15) is 0 Å². The second kappa shape index (κ2) is 9.92. The van der Waals surface area contributed by atoms with E-state index in [4.69, 9.17) is 0 Å². The Balaban J connectivity index is 1.49. The van der Waals surface area contributed by atoms with Crippen molar-refractivity contribution in [3.05, 3.63) is 107 Å². The van der Waals surface area contributed by atoms with Crippen molar-refractivity contribution < 1.29 is 0 Å². The van der Waals surface area contributed by atoms with E-state index in [1.54, 1.807) is 11.8 Å². The van der Waals surface area contributed by atoms with Crippen molar-refractivity contribution in [2.75, 3.05) is 0 Å². The predicted octanol–water partition coefficient (Wildman–Crippen LogP) is 8.74. The molecular formula is C24H17IS3. The lowest BCUT2D eigenvalue weighted by atomic mass is 10.4. The topological polar surface area (TPSA) is 0 Å². The van der Waals surface area contributed by atoms with Gasteiger partial charge in [0.05, 0.1) is 0 Å². The second-order valence-electron chi connectivity index (χ2n) is 5.97. The van der Waals surface area contributed by atoms with E-state index in [1.807, 2.05) is 23.5 Å². The summed E-state index contributed by atoms with van der Waals surface area (Å²) in [7, 11) is 0. The van der Waals surface area contributed by atoms with E-state index in [0.29, 0.717) is 0 Å². The number of halogens is 1. The second-order valence-corrected chi connectivity index (χ2v) is 10.5. The summed E-state index contributed by atoms with van der Waals surface area (Å²) >= 11 is 7.85. The Morgan fingerprint density at radius 2 is 0.857 bits per heavy atom. The Bertz CT molecular complexity index is 1050. The number of rotatable bonds is 6. The van der Waals surface area contributed by atoms with E-state index in [-0.39, 0.29) is 0 Å². The molecule has 0 fully saturated rings. The Hall–Kier alpha value is -1.34. The van der Waals surface area contributed by atoms with Gasteiger partial charge in [0.25, 0.3) is 0 Å². The van der Waals surface area contributed by atoms with Crippen molar-refractivity contribution in [1.29, 1.82) is 0 Å². The zero-order valence-electron chi connectivity index (χ0n) is 14.9. The fourth-order valence-corrected chi connectivity index (χ4v) is 6.10. The summed E-state index contributed by atoms with van der Waals surface area (Å²) in [4.78, 5) is 7.66. The molecule has 0 amide bonds. The molecular weight excluding hydrogens is 511 g/mol. The molecule has 0 saturated heterocycles. The Morgan fingerprint density at radius 1 is 0.393 bits per heavy atom. The van der Waals surface area contributed by atoms with E-state index in [9.17, 15) is 0 Å². The zero-order valence-corrected chi connectivity index (χ0v) is 19.5. The van der Waals surface area contributed by atoms with Crippen molar-refractivity contribution in [1.82, 2.24) is 0 Å². The van der Waals surface area contributed by atoms with Gasteiger partial charge < -0.3 is 0 Å². The van der Waals surface area contributed by atoms with Gasteiger partial charge in [-0.05, 0) is 83.3 Å². The lowest BCUT2D eigenvalue weighted by molar-refractivity contribution is 1.23. The largest absolute Gasteiger partial charge is 0.0901 e. The standard InChI is InChI=1S/C24H17IS3/c25-21-10-4-5-11-22(21)28-24-13-7-6-12-23(24)27-20-16-14-19(15-17-20)26-18-8-2-1-3-9-18/h1-17H. The van der Waals surface area contributed by atoms with Gasteiger partial charge in [-0.1, -0.05) is 77.8 Å². The highest BCUT2D eigenvalue weighted by Gasteiger charge is 2.08. The molecule has 0 heterocycles. The Kier molecular flexibility index (Phi) is 7.07. The zero-order chi connectivity index (χ0) is 19.2. The van der Waals surface area contributed by atoms with Gasteiger partial charge in [0.2, 0.25) is 0 Å². The molecule has 0 atom stereocenters. The third kappa shape index (κ3) is 5.38. The summed E-state index contributed by atoms with van der Waals surface area (Å²) in [6.45, 7) is 0. The molecule has 0 aliphatic carbocycles. The van der Waals surface area contributed by atoms with Crippen molar-refractivity contribution in [2.45, 2.75) is 29.4 Å².